The van der Waals surface area contributed by atoms with Gasteiger partial charge in [0.1, 0.15) is 0 Å². The normalized spacial score (nSPS) is 10.7. The third-order valence-electron chi connectivity index (χ3n) is 4.80. The molecule has 0 bridgehead atoms. The molecule has 0 aliphatic carbocycles. The van der Waals surface area contributed by atoms with Gasteiger partial charge in [0.05, 0.1) is 24.4 Å². The Kier molecular flexibility index (Phi) is 6.47. The second-order valence-electron chi connectivity index (χ2n) is 7.27. The average Bonchev–Trinajstić information content (AvgIpc) is 3.44. The Labute approximate surface area is 190 Å². The zero-order valence-corrected chi connectivity index (χ0v) is 18.7. The number of aryl methyl sites for hydroxylation is 1. The third-order valence-corrected chi connectivity index (χ3v) is 5.67. The quantitative estimate of drug-likeness (QED) is 0.394. The lowest BCUT2D eigenvalue weighted by Crippen LogP contribution is -2.13. The summed E-state index contributed by atoms with van der Waals surface area (Å²) in [5, 5.41) is 9.42. The second-order valence-corrected chi connectivity index (χ2v) is 8.30. The average molecular weight is 446 g/mol. The number of rotatable bonds is 7. The Balaban J connectivity index is 1.68. The molecule has 0 saturated carbocycles. The van der Waals surface area contributed by atoms with Gasteiger partial charge in [0.2, 0.25) is 5.91 Å². The first kappa shape index (κ1) is 21.5. The minimum Gasteiger partial charge on any atom is -0.461 e. The van der Waals surface area contributed by atoms with Gasteiger partial charge in [0, 0.05) is 16.1 Å². The van der Waals surface area contributed by atoms with Crippen molar-refractivity contribution in [2.24, 2.45) is 0 Å². The summed E-state index contributed by atoms with van der Waals surface area (Å²) >= 11 is 1.56. The van der Waals surface area contributed by atoms with E-state index in [-0.39, 0.29) is 18.2 Å². The maximum Gasteiger partial charge on any atom is 0.358 e. The number of nitrogens with one attached hydrogen (secondary N) is 1. The summed E-state index contributed by atoms with van der Waals surface area (Å²) in [7, 11) is 0. The lowest BCUT2D eigenvalue weighted by Gasteiger charge is -2.10. The summed E-state index contributed by atoms with van der Waals surface area (Å²) < 4.78 is 6.88. The highest BCUT2D eigenvalue weighted by Crippen LogP contribution is 2.27. The molecule has 4 rings (SSSR count). The van der Waals surface area contributed by atoms with E-state index in [1.54, 1.807) is 29.0 Å². The fraction of sp³-hybridized carbons (Fsp3) is 0.160. The molecule has 0 aliphatic heterocycles. The minimum absolute atomic E-state index is 0.0796. The van der Waals surface area contributed by atoms with E-state index in [2.05, 4.69) is 10.4 Å². The lowest BCUT2D eigenvalue weighted by atomic mass is 10.1. The summed E-state index contributed by atoms with van der Waals surface area (Å²) in [5.41, 5.74) is 4.38. The molecule has 6 nitrogen and oxygen atoms in total. The van der Waals surface area contributed by atoms with Gasteiger partial charge in [-0.3, -0.25) is 4.79 Å². The summed E-state index contributed by atoms with van der Waals surface area (Å²) in [4.78, 5) is 25.8. The van der Waals surface area contributed by atoms with Crippen LogP contribution in [-0.4, -0.2) is 28.3 Å². The fourth-order valence-electron chi connectivity index (χ4n) is 3.38. The molecule has 2 heterocycles. The Morgan fingerprint density at radius 1 is 1.06 bits per heavy atom. The molecular formula is C25H23N3O3S. The third kappa shape index (κ3) is 4.95. The van der Waals surface area contributed by atoms with Gasteiger partial charge in [0.15, 0.2) is 5.69 Å². The fourth-order valence-corrected chi connectivity index (χ4v) is 4.08. The van der Waals surface area contributed by atoms with Crippen molar-refractivity contribution < 1.29 is 14.3 Å². The molecule has 4 aromatic rings. The van der Waals surface area contributed by atoms with Gasteiger partial charge in [-0.25, -0.2) is 9.48 Å². The molecule has 162 valence electrons. The van der Waals surface area contributed by atoms with Crippen LogP contribution in [0.3, 0.4) is 0 Å². The molecule has 32 heavy (non-hydrogen) atoms. The van der Waals surface area contributed by atoms with Crippen LogP contribution in [0.5, 0.6) is 0 Å². The molecular weight excluding hydrogens is 422 g/mol. The van der Waals surface area contributed by atoms with Crippen LogP contribution in [-0.2, 0) is 16.0 Å². The van der Waals surface area contributed by atoms with E-state index in [0.717, 1.165) is 27.4 Å². The Morgan fingerprint density at radius 3 is 2.66 bits per heavy atom. The van der Waals surface area contributed by atoms with Crippen LogP contribution in [0.4, 0.5) is 5.69 Å². The van der Waals surface area contributed by atoms with Crippen LogP contribution in [0.2, 0.25) is 0 Å². The van der Waals surface area contributed by atoms with Gasteiger partial charge in [-0.15, -0.1) is 11.3 Å². The van der Waals surface area contributed by atoms with Gasteiger partial charge in [-0.1, -0.05) is 30.3 Å². The Hall–Kier alpha value is -3.71. The summed E-state index contributed by atoms with van der Waals surface area (Å²) in [6.07, 6.45) is 0.329. The molecule has 1 amide bonds. The number of amides is 1. The van der Waals surface area contributed by atoms with Crippen molar-refractivity contribution in [1.29, 1.82) is 0 Å². The number of esters is 1. The highest BCUT2D eigenvalue weighted by molar-refractivity contribution is 7.10. The Bertz CT molecular complexity index is 1250. The highest BCUT2D eigenvalue weighted by atomic mass is 32.1. The van der Waals surface area contributed by atoms with Crippen molar-refractivity contribution in [3.8, 4) is 16.9 Å². The van der Waals surface area contributed by atoms with Crippen molar-refractivity contribution in [3.63, 3.8) is 0 Å². The number of aromatic nitrogens is 2. The zero-order valence-electron chi connectivity index (χ0n) is 17.9. The molecule has 2 aromatic carbocycles. The number of hydrogen-bond donors (Lipinski definition) is 1. The first-order valence-electron chi connectivity index (χ1n) is 10.3. The predicted octanol–water partition coefficient (Wildman–Crippen LogP) is 5.27. The number of carbonyl (C=O) groups excluding carboxylic acids is 2. The number of thiophene rings is 1. The predicted molar refractivity (Wildman–Crippen MR) is 126 cm³/mol. The van der Waals surface area contributed by atoms with Gasteiger partial charge in [-0.2, -0.15) is 5.10 Å². The van der Waals surface area contributed by atoms with Gasteiger partial charge >= 0.3 is 5.97 Å². The number of anilines is 1. The van der Waals surface area contributed by atoms with E-state index in [1.807, 2.05) is 73.0 Å². The maximum absolute atomic E-state index is 12.4. The van der Waals surface area contributed by atoms with Gasteiger partial charge in [0.25, 0.3) is 0 Å². The topological polar surface area (TPSA) is 73.2 Å². The SMILES string of the molecule is CCOC(=O)c1cc(-c2cccc(NC(=O)Cc3cccs3)c2)n(-c2cccc(C)c2)n1. The summed E-state index contributed by atoms with van der Waals surface area (Å²) in [6, 6.07) is 21.0. The van der Waals surface area contributed by atoms with E-state index < -0.39 is 5.97 Å². The molecule has 0 radical (unpaired) electrons. The smallest absolute Gasteiger partial charge is 0.358 e. The standard InChI is InChI=1S/C25H23N3O3S/c1-3-31-25(30)22-16-23(28(27-22)20-10-4-7-17(2)13-20)18-8-5-9-19(14-18)26-24(29)15-21-11-6-12-32-21/h4-14,16H,3,15H2,1-2H3,(H,26,29). The van der Waals surface area contributed by atoms with Crippen LogP contribution in [0.1, 0.15) is 27.9 Å². The number of ether oxygens (including phenoxy) is 1. The van der Waals surface area contributed by atoms with E-state index in [0.29, 0.717) is 12.1 Å². The molecule has 0 unspecified atom stereocenters. The number of carbonyl (C=O) groups is 2. The van der Waals surface area contributed by atoms with Crippen LogP contribution in [0.15, 0.2) is 72.1 Å². The van der Waals surface area contributed by atoms with Crippen LogP contribution >= 0.6 is 11.3 Å². The summed E-state index contributed by atoms with van der Waals surface area (Å²) in [5.74, 6) is -0.551. The molecule has 0 fully saturated rings. The van der Waals surface area contributed by atoms with E-state index in [9.17, 15) is 9.59 Å². The van der Waals surface area contributed by atoms with Crippen molar-refractivity contribution in [2.45, 2.75) is 20.3 Å². The van der Waals surface area contributed by atoms with Crippen molar-refractivity contribution >= 4 is 28.9 Å². The largest absolute Gasteiger partial charge is 0.461 e. The Morgan fingerprint density at radius 2 is 1.91 bits per heavy atom. The van der Waals surface area contributed by atoms with Crippen LogP contribution in [0, 0.1) is 6.92 Å². The molecule has 7 heteroatoms. The number of nitrogens with zero attached hydrogens (tertiary/aromatic N) is 2. The molecule has 0 saturated heterocycles. The highest BCUT2D eigenvalue weighted by Gasteiger charge is 2.18. The first-order chi connectivity index (χ1) is 15.5. The first-order valence-corrected chi connectivity index (χ1v) is 11.2. The van der Waals surface area contributed by atoms with Gasteiger partial charge < -0.3 is 10.1 Å². The van der Waals surface area contributed by atoms with E-state index >= 15 is 0 Å². The lowest BCUT2D eigenvalue weighted by molar-refractivity contribution is -0.115. The second kappa shape index (κ2) is 9.62. The van der Waals surface area contributed by atoms with Crippen molar-refractivity contribution in [3.05, 3.63) is 88.2 Å². The molecule has 1 N–H and O–H groups in total. The van der Waals surface area contributed by atoms with Crippen molar-refractivity contribution in [2.75, 3.05) is 11.9 Å². The molecule has 0 spiro atoms. The summed E-state index contributed by atoms with van der Waals surface area (Å²) in [6.45, 7) is 4.04. The number of benzene rings is 2. The van der Waals surface area contributed by atoms with E-state index in [4.69, 9.17) is 4.74 Å². The molecule has 0 atom stereocenters. The monoisotopic (exact) mass is 445 g/mol. The molecule has 2 aromatic heterocycles. The van der Waals surface area contributed by atoms with Gasteiger partial charge in [-0.05, 0) is 61.2 Å². The number of hydrogen-bond acceptors (Lipinski definition) is 5. The van der Waals surface area contributed by atoms with Crippen molar-refractivity contribution in [1.82, 2.24) is 9.78 Å². The van der Waals surface area contributed by atoms with Crippen LogP contribution in [0.25, 0.3) is 16.9 Å². The maximum atomic E-state index is 12.4. The zero-order chi connectivity index (χ0) is 22.5. The minimum atomic E-state index is -0.472. The van der Waals surface area contributed by atoms with Crippen LogP contribution < -0.4 is 5.32 Å². The molecule has 0 aliphatic rings. The van der Waals surface area contributed by atoms with E-state index in [1.165, 1.54) is 0 Å².